The van der Waals surface area contributed by atoms with Gasteiger partial charge in [0.2, 0.25) is 0 Å². The number of alkyl halides is 3. The maximum absolute atomic E-state index is 11.8. The molecule has 1 N–H and O–H groups in total. The standard InChI is InChI=1S/C11H20F3NO3/c1-3-15(9(2)7-10(16)17)5-4-6-18-8-11(12,13)14/h9H,3-8H2,1-2H3,(H,16,17). The minimum atomic E-state index is -4.29. The topological polar surface area (TPSA) is 49.8 Å². The van der Waals surface area contributed by atoms with Gasteiger partial charge in [0.05, 0.1) is 6.42 Å². The van der Waals surface area contributed by atoms with Crippen LogP contribution in [0, 0.1) is 0 Å². The molecule has 0 aliphatic rings. The Labute approximate surface area is 105 Å². The van der Waals surface area contributed by atoms with E-state index in [4.69, 9.17) is 5.11 Å². The van der Waals surface area contributed by atoms with Gasteiger partial charge >= 0.3 is 12.1 Å². The number of ether oxygens (including phenoxy) is 1. The Kier molecular flexibility index (Phi) is 7.93. The predicted molar refractivity (Wildman–Crippen MR) is 60.5 cm³/mol. The van der Waals surface area contributed by atoms with Crippen LogP contribution in [0.3, 0.4) is 0 Å². The van der Waals surface area contributed by atoms with Gasteiger partial charge < -0.3 is 14.7 Å². The predicted octanol–water partition coefficient (Wildman–Crippen LogP) is 2.14. The van der Waals surface area contributed by atoms with Crippen molar-refractivity contribution in [2.45, 2.75) is 38.9 Å². The lowest BCUT2D eigenvalue weighted by molar-refractivity contribution is -0.174. The molecule has 18 heavy (non-hydrogen) atoms. The van der Waals surface area contributed by atoms with Crippen molar-refractivity contribution < 1.29 is 27.8 Å². The number of carbonyl (C=O) groups is 1. The molecule has 0 aromatic rings. The van der Waals surface area contributed by atoms with E-state index in [2.05, 4.69) is 4.74 Å². The summed E-state index contributed by atoms with van der Waals surface area (Å²) in [6.45, 7) is 3.65. The van der Waals surface area contributed by atoms with Gasteiger partial charge in [-0.2, -0.15) is 13.2 Å². The van der Waals surface area contributed by atoms with E-state index in [9.17, 15) is 18.0 Å². The number of aliphatic carboxylic acids is 1. The zero-order valence-corrected chi connectivity index (χ0v) is 10.7. The van der Waals surface area contributed by atoms with Gasteiger partial charge in [-0.3, -0.25) is 4.79 Å². The Balaban J connectivity index is 3.77. The van der Waals surface area contributed by atoms with E-state index >= 15 is 0 Å². The molecule has 1 atom stereocenters. The minimum absolute atomic E-state index is 0.0236. The lowest BCUT2D eigenvalue weighted by Crippen LogP contribution is -2.36. The third-order valence-electron chi connectivity index (χ3n) is 2.50. The van der Waals surface area contributed by atoms with Crippen LogP contribution in [-0.2, 0) is 9.53 Å². The zero-order chi connectivity index (χ0) is 14.2. The first-order chi connectivity index (χ1) is 8.26. The lowest BCUT2D eigenvalue weighted by Gasteiger charge is -2.26. The van der Waals surface area contributed by atoms with Gasteiger partial charge in [-0.1, -0.05) is 6.92 Å². The maximum Gasteiger partial charge on any atom is 0.411 e. The van der Waals surface area contributed by atoms with Crippen LogP contribution in [0.1, 0.15) is 26.7 Å². The van der Waals surface area contributed by atoms with Gasteiger partial charge in [0.1, 0.15) is 6.61 Å². The van der Waals surface area contributed by atoms with Crippen LogP contribution in [0.2, 0.25) is 0 Å². The third kappa shape index (κ3) is 9.23. The van der Waals surface area contributed by atoms with E-state index in [-0.39, 0.29) is 19.1 Å². The highest BCUT2D eigenvalue weighted by Crippen LogP contribution is 2.14. The van der Waals surface area contributed by atoms with Crippen molar-refractivity contribution in [2.75, 3.05) is 26.3 Å². The second-order valence-electron chi connectivity index (χ2n) is 4.10. The van der Waals surface area contributed by atoms with Gasteiger partial charge in [-0.25, -0.2) is 0 Å². The van der Waals surface area contributed by atoms with Crippen molar-refractivity contribution in [3.8, 4) is 0 Å². The summed E-state index contributed by atoms with van der Waals surface area (Å²) >= 11 is 0. The second kappa shape index (κ2) is 8.31. The van der Waals surface area contributed by atoms with Gasteiger partial charge in [-0.15, -0.1) is 0 Å². The van der Waals surface area contributed by atoms with Crippen LogP contribution >= 0.6 is 0 Å². The molecule has 108 valence electrons. The molecule has 0 fully saturated rings. The highest BCUT2D eigenvalue weighted by atomic mass is 19.4. The lowest BCUT2D eigenvalue weighted by atomic mass is 10.2. The van der Waals surface area contributed by atoms with Crippen LogP contribution in [0.25, 0.3) is 0 Å². The fraction of sp³-hybridized carbons (Fsp3) is 0.909. The molecule has 0 amide bonds. The summed E-state index contributed by atoms with van der Waals surface area (Å²) < 4.78 is 39.8. The van der Waals surface area contributed by atoms with Gasteiger partial charge in [0.25, 0.3) is 0 Å². The number of nitrogens with zero attached hydrogens (tertiary/aromatic N) is 1. The molecule has 0 heterocycles. The molecule has 0 rings (SSSR count). The number of hydrogen-bond donors (Lipinski definition) is 1. The fourth-order valence-electron chi connectivity index (χ4n) is 1.63. The van der Waals surface area contributed by atoms with Gasteiger partial charge in [-0.05, 0) is 19.9 Å². The van der Waals surface area contributed by atoms with Crippen molar-refractivity contribution in [2.24, 2.45) is 0 Å². The zero-order valence-electron chi connectivity index (χ0n) is 10.7. The monoisotopic (exact) mass is 271 g/mol. The summed E-state index contributed by atoms with van der Waals surface area (Å²) in [5.74, 6) is -0.880. The summed E-state index contributed by atoms with van der Waals surface area (Å²) in [6.07, 6.45) is -3.81. The molecule has 4 nitrogen and oxygen atoms in total. The van der Waals surface area contributed by atoms with Crippen molar-refractivity contribution in [1.82, 2.24) is 4.90 Å². The molecule has 0 radical (unpaired) electrons. The Hall–Kier alpha value is -0.820. The van der Waals surface area contributed by atoms with E-state index in [0.717, 1.165) is 0 Å². The number of carboxylic acids is 1. The molecule has 0 bridgehead atoms. The molecule has 0 saturated carbocycles. The SMILES string of the molecule is CCN(CCCOCC(F)(F)F)C(C)CC(=O)O. The fourth-order valence-corrected chi connectivity index (χ4v) is 1.63. The number of carboxylic acid groups (broad SMARTS) is 1. The van der Waals surface area contributed by atoms with Crippen molar-refractivity contribution in [3.63, 3.8) is 0 Å². The third-order valence-corrected chi connectivity index (χ3v) is 2.50. The first-order valence-electron chi connectivity index (χ1n) is 5.86. The van der Waals surface area contributed by atoms with E-state index in [1.165, 1.54) is 0 Å². The number of hydrogen-bond acceptors (Lipinski definition) is 3. The van der Waals surface area contributed by atoms with Crippen molar-refractivity contribution in [1.29, 1.82) is 0 Å². The van der Waals surface area contributed by atoms with Crippen LogP contribution in [0.15, 0.2) is 0 Å². The Morgan fingerprint density at radius 3 is 2.50 bits per heavy atom. The molecule has 0 aliphatic heterocycles. The van der Waals surface area contributed by atoms with E-state index < -0.39 is 18.8 Å². The molecule has 0 aliphatic carbocycles. The summed E-state index contributed by atoms with van der Waals surface area (Å²) in [6, 6.07) is -0.130. The molecule has 0 saturated heterocycles. The first-order valence-corrected chi connectivity index (χ1v) is 5.86. The van der Waals surface area contributed by atoms with Crippen molar-refractivity contribution in [3.05, 3.63) is 0 Å². The molecule has 1 unspecified atom stereocenters. The molecule has 0 aromatic carbocycles. The van der Waals surface area contributed by atoms with Crippen LogP contribution < -0.4 is 0 Å². The van der Waals surface area contributed by atoms with Crippen LogP contribution in [0.5, 0.6) is 0 Å². The molecule has 7 heteroatoms. The normalized spacial score (nSPS) is 13.9. The molecular weight excluding hydrogens is 251 g/mol. The molecule has 0 spiro atoms. The highest BCUT2D eigenvalue weighted by Gasteiger charge is 2.27. The largest absolute Gasteiger partial charge is 0.481 e. The summed E-state index contributed by atoms with van der Waals surface area (Å²) in [5.41, 5.74) is 0. The first kappa shape index (κ1) is 17.2. The van der Waals surface area contributed by atoms with Gasteiger partial charge in [0, 0.05) is 19.2 Å². The minimum Gasteiger partial charge on any atom is -0.481 e. The van der Waals surface area contributed by atoms with Crippen LogP contribution in [-0.4, -0.2) is 54.5 Å². The van der Waals surface area contributed by atoms with Crippen molar-refractivity contribution >= 4 is 5.97 Å². The second-order valence-corrected chi connectivity index (χ2v) is 4.10. The van der Waals surface area contributed by atoms with Crippen LogP contribution in [0.4, 0.5) is 13.2 Å². The highest BCUT2D eigenvalue weighted by molar-refractivity contribution is 5.67. The molecular formula is C11H20F3NO3. The molecule has 0 aromatic heterocycles. The quantitative estimate of drug-likeness (QED) is 0.653. The number of rotatable bonds is 9. The average Bonchev–Trinajstić information content (AvgIpc) is 2.20. The smallest absolute Gasteiger partial charge is 0.411 e. The van der Waals surface area contributed by atoms with E-state index in [0.29, 0.717) is 19.5 Å². The summed E-state index contributed by atoms with van der Waals surface area (Å²) in [5, 5.41) is 8.65. The van der Waals surface area contributed by atoms with Gasteiger partial charge in [0.15, 0.2) is 0 Å². The summed E-state index contributed by atoms with van der Waals surface area (Å²) in [4.78, 5) is 12.4. The van der Waals surface area contributed by atoms with E-state index in [1.54, 1.807) is 6.92 Å². The summed E-state index contributed by atoms with van der Waals surface area (Å²) in [7, 11) is 0. The maximum atomic E-state index is 11.8. The Morgan fingerprint density at radius 1 is 1.44 bits per heavy atom. The van der Waals surface area contributed by atoms with E-state index in [1.807, 2.05) is 11.8 Å². The Morgan fingerprint density at radius 2 is 2.06 bits per heavy atom. The average molecular weight is 271 g/mol. The Bertz CT molecular complexity index is 246. The number of halogens is 3.